The third-order valence-electron chi connectivity index (χ3n) is 3.37. The summed E-state index contributed by atoms with van der Waals surface area (Å²) in [4.78, 5) is 6.88. The largest absolute Gasteiger partial charge is 0.310 e. The highest BCUT2D eigenvalue weighted by molar-refractivity contribution is 4.90. The van der Waals surface area contributed by atoms with Crippen molar-refractivity contribution in [3.05, 3.63) is 12.2 Å². The zero-order chi connectivity index (χ0) is 13.0. The Balaban J connectivity index is 2.01. The van der Waals surface area contributed by atoms with E-state index in [1.807, 2.05) is 4.68 Å². The van der Waals surface area contributed by atoms with E-state index in [0.29, 0.717) is 0 Å². The summed E-state index contributed by atoms with van der Waals surface area (Å²) < 4.78 is 2.03. The topological polar surface area (TPSA) is 46.0 Å². The third kappa shape index (κ3) is 3.53. The standard InChI is InChI=1S/C13H25N5/c1-4-7-18-12(14-11-16-18)9-17-8-5-6-15-13(2,3)10-17/h11,15H,4-10H2,1-3H3. The first-order chi connectivity index (χ1) is 8.61. The van der Waals surface area contributed by atoms with E-state index in [1.54, 1.807) is 6.33 Å². The lowest BCUT2D eigenvalue weighted by Crippen LogP contribution is -2.46. The molecule has 0 saturated carbocycles. The van der Waals surface area contributed by atoms with Crippen LogP contribution < -0.4 is 5.32 Å². The lowest BCUT2D eigenvalue weighted by atomic mass is 10.1. The van der Waals surface area contributed by atoms with E-state index in [4.69, 9.17) is 0 Å². The number of aryl methyl sites for hydroxylation is 1. The maximum Gasteiger partial charge on any atom is 0.141 e. The smallest absolute Gasteiger partial charge is 0.141 e. The van der Waals surface area contributed by atoms with Gasteiger partial charge in [-0.25, -0.2) is 9.67 Å². The SMILES string of the molecule is CCCn1ncnc1CN1CCCNC(C)(C)C1. The lowest BCUT2D eigenvalue weighted by molar-refractivity contribution is 0.215. The first-order valence-electron chi connectivity index (χ1n) is 6.95. The summed E-state index contributed by atoms with van der Waals surface area (Å²) >= 11 is 0. The molecule has 0 atom stereocenters. The summed E-state index contributed by atoms with van der Waals surface area (Å²) in [5.41, 5.74) is 0.187. The summed E-state index contributed by atoms with van der Waals surface area (Å²) in [6.45, 7) is 11.9. The first kappa shape index (κ1) is 13.5. The van der Waals surface area contributed by atoms with Crippen LogP contribution in [-0.2, 0) is 13.1 Å². The molecule has 0 spiro atoms. The molecule has 0 aliphatic carbocycles. The average molecular weight is 251 g/mol. The summed E-state index contributed by atoms with van der Waals surface area (Å²) in [6.07, 6.45) is 3.97. The molecule has 1 fully saturated rings. The van der Waals surface area contributed by atoms with Gasteiger partial charge in [0.2, 0.25) is 0 Å². The predicted octanol–water partition coefficient (Wildman–Crippen LogP) is 1.26. The molecule has 102 valence electrons. The molecule has 1 aliphatic rings. The Morgan fingerprint density at radius 2 is 2.28 bits per heavy atom. The van der Waals surface area contributed by atoms with E-state index in [1.165, 1.54) is 6.42 Å². The fraction of sp³-hybridized carbons (Fsp3) is 0.846. The van der Waals surface area contributed by atoms with Gasteiger partial charge in [0.15, 0.2) is 0 Å². The van der Waals surface area contributed by atoms with E-state index in [2.05, 4.69) is 41.1 Å². The molecule has 1 aliphatic heterocycles. The molecule has 0 unspecified atom stereocenters. The Hall–Kier alpha value is -0.940. The molecule has 1 saturated heterocycles. The van der Waals surface area contributed by atoms with Crippen LogP contribution in [0.2, 0.25) is 0 Å². The molecule has 1 N–H and O–H groups in total. The minimum absolute atomic E-state index is 0.187. The van der Waals surface area contributed by atoms with E-state index in [0.717, 1.165) is 45.0 Å². The van der Waals surface area contributed by atoms with Crippen LogP contribution in [0, 0.1) is 0 Å². The van der Waals surface area contributed by atoms with Crippen LogP contribution in [0.4, 0.5) is 0 Å². The number of rotatable bonds is 4. The number of hydrogen-bond acceptors (Lipinski definition) is 4. The predicted molar refractivity (Wildman–Crippen MR) is 72.3 cm³/mol. The average Bonchev–Trinajstić information content (AvgIpc) is 2.64. The van der Waals surface area contributed by atoms with Crippen LogP contribution in [0.3, 0.4) is 0 Å². The summed E-state index contributed by atoms with van der Waals surface area (Å²) in [7, 11) is 0. The van der Waals surface area contributed by atoms with Gasteiger partial charge in [-0.05, 0) is 39.8 Å². The van der Waals surface area contributed by atoms with E-state index in [-0.39, 0.29) is 5.54 Å². The molecule has 0 amide bonds. The van der Waals surface area contributed by atoms with Crippen molar-refractivity contribution in [2.45, 2.75) is 52.2 Å². The highest BCUT2D eigenvalue weighted by atomic mass is 15.3. The molecule has 5 nitrogen and oxygen atoms in total. The summed E-state index contributed by atoms with van der Waals surface area (Å²) in [5, 5.41) is 7.88. The van der Waals surface area contributed by atoms with Gasteiger partial charge >= 0.3 is 0 Å². The van der Waals surface area contributed by atoms with Crippen molar-refractivity contribution in [1.82, 2.24) is 25.0 Å². The summed E-state index contributed by atoms with van der Waals surface area (Å²) in [5.74, 6) is 1.09. The second-order valence-corrected chi connectivity index (χ2v) is 5.77. The Labute approximate surface area is 110 Å². The molecule has 0 bridgehead atoms. The van der Waals surface area contributed by atoms with Gasteiger partial charge in [0.1, 0.15) is 12.2 Å². The minimum atomic E-state index is 0.187. The van der Waals surface area contributed by atoms with Crippen LogP contribution in [0.5, 0.6) is 0 Å². The van der Waals surface area contributed by atoms with E-state index >= 15 is 0 Å². The van der Waals surface area contributed by atoms with Crippen molar-refractivity contribution in [1.29, 1.82) is 0 Å². The van der Waals surface area contributed by atoms with Gasteiger partial charge < -0.3 is 5.32 Å². The fourth-order valence-corrected chi connectivity index (χ4v) is 2.57. The molecular weight excluding hydrogens is 226 g/mol. The Morgan fingerprint density at radius 1 is 1.44 bits per heavy atom. The Morgan fingerprint density at radius 3 is 3.06 bits per heavy atom. The van der Waals surface area contributed by atoms with Crippen LogP contribution >= 0.6 is 0 Å². The fourth-order valence-electron chi connectivity index (χ4n) is 2.57. The quantitative estimate of drug-likeness (QED) is 0.875. The Kier molecular flexibility index (Phi) is 4.35. The van der Waals surface area contributed by atoms with Gasteiger partial charge in [-0.15, -0.1) is 0 Å². The van der Waals surface area contributed by atoms with Gasteiger partial charge in [-0.3, -0.25) is 4.90 Å². The second kappa shape index (κ2) is 5.80. The molecule has 5 heteroatoms. The van der Waals surface area contributed by atoms with Crippen molar-refractivity contribution in [2.24, 2.45) is 0 Å². The monoisotopic (exact) mass is 251 g/mol. The van der Waals surface area contributed by atoms with E-state index < -0.39 is 0 Å². The van der Waals surface area contributed by atoms with Gasteiger partial charge in [-0.2, -0.15) is 5.10 Å². The van der Waals surface area contributed by atoms with Crippen molar-refractivity contribution < 1.29 is 0 Å². The second-order valence-electron chi connectivity index (χ2n) is 5.77. The maximum absolute atomic E-state index is 4.40. The molecule has 1 aromatic rings. The number of nitrogens with one attached hydrogen (secondary N) is 1. The van der Waals surface area contributed by atoms with Crippen LogP contribution in [-0.4, -0.2) is 44.8 Å². The number of nitrogens with zero attached hydrogens (tertiary/aromatic N) is 4. The molecular formula is C13H25N5. The van der Waals surface area contributed by atoms with Gasteiger partial charge in [-0.1, -0.05) is 6.92 Å². The lowest BCUT2D eigenvalue weighted by Gasteiger charge is -2.29. The molecule has 0 aromatic carbocycles. The Bertz CT molecular complexity index is 371. The number of hydrogen-bond donors (Lipinski definition) is 1. The van der Waals surface area contributed by atoms with Gasteiger partial charge in [0.05, 0.1) is 6.54 Å². The van der Waals surface area contributed by atoms with Crippen molar-refractivity contribution >= 4 is 0 Å². The van der Waals surface area contributed by atoms with Gasteiger partial charge in [0, 0.05) is 18.6 Å². The normalized spacial score (nSPS) is 20.8. The van der Waals surface area contributed by atoms with Crippen LogP contribution in [0.1, 0.15) is 39.4 Å². The zero-order valence-corrected chi connectivity index (χ0v) is 11.8. The minimum Gasteiger partial charge on any atom is -0.310 e. The molecule has 0 radical (unpaired) electrons. The van der Waals surface area contributed by atoms with Crippen LogP contribution in [0.25, 0.3) is 0 Å². The van der Waals surface area contributed by atoms with Gasteiger partial charge in [0.25, 0.3) is 0 Å². The summed E-state index contributed by atoms with van der Waals surface area (Å²) in [6, 6.07) is 0. The van der Waals surface area contributed by atoms with Crippen molar-refractivity contribution in [3.8, 4) is 0 Å². The van der Waals surface area contributed by atoms with E-state index in [9.17, 15) is 0 Å². The highest BCUT2D eigenvalue weighted by Crippen LogP contribution is 2.13. The molecule has 2 rings (SSSR count). The molecule has 1 aromatic heterocycles. The highest BCUT2D eigenvalue weighted by Gasteiger charge is 2.24. The zero-order valence-electron chi connectivity index (χ0n) is 11.8. The van der Waals surface area contributed by atoms with Crippen LogP contribution in [0.15, 0.2) is 6.33 Å². The maximum atomic E-state index is 4.40. The van der Waals surface area contributed by atoms with Crippen molar-refractivity contribution in [3.63, 3.8) is 0 Å². The first-order valence-corrected chi connectivity index (χ1v) is 6.95. The number of aromatic nitrogens is 3. The van der Waals surface area contributed by atoms with Crippen molar-refractivity contribution in [2.75, 3.05) is 19.6 Å². The molecule has 18 heavy (non-hydrogen) atoms. The third-order valence-corrected chi connectivity index (χ3v) is 3.37. The molecule has 2 heterocycles.